The zero-order valence-electron chi connectivity index (χ0n) is 12.4. The molecule has 0 radical (unpaired) electrons. The van der Waals surface area contributed by atoms with Gasteiger partial charge in [-0.3, -0.25) is 9.69 Å². The lowest BCUT2D eigenvalue weighted by molar-refractivity contribution is -0.138. The van der Waals surface area contributed by atoms with Gasteiger partial charge >= 0.3 is 12.1 Å². The Bertz CT molecular complexity index is 511. The molecule has 1 aromatic carbocycles. The van der Waals surface area contributed by atoms with E-state index in [4.69, 9.17) is 9.84 Å². The first-order valence-electron chi connectivity index (χ1n) is 6.55. The van der Waals surface area contributed by atoms with Crippen molar-refractivity contribution in [3.63, 3.8) is 0 Å². The van der Waals surface area contributed by atoms with Crippen LogP contribution in [0.15, 0.2) is 24.3 Å². The fraction of sp³-hybridized carbons (Fsp3) is 0.467. The van der Waals surface area contributed by atoms with E-state index < -0.39 is 24.2 Å². The molecule has 0 aliphatic rings. The third-order valence-electron chi connectivity index (χ3n) is 2.50. The second-order valence-electron chi connectivity index (χ2n) is 5.68. The van der Waals surface area contributed by atoms with Crippen LogP contribution in [0, 0.1) is 0 Å². The summed E-state index contributed by atoms with van der Waals surface area (Å²) in [5, 5.41) is 9.65. The van der Waals surface area contributed by atoms with Gasteiger partial charge in [0, 0.05) is 11.9 Å². The van der Waals surface area contributed by atoms with Crippen molar-refractivity contribution in [3.05, 3.63) is 35.4 Å². The number of alkyl halides is 1. The summed E-state index contributed by atoms with van der Waals surface area (Å²) in [6.07, 6.45) is -0.630. The fourth-order valence-corrected chi connectivity index (χ4v) is 2.06. The summed E-state index contributed by atoms with van der Waals surface area (Å²) in [7, 11) is 0. The van der Waals surface area contributed by atoms with E-state index in [1.165, 1.54) is 4.90 Å². The van der Waals surface area contributed by atoms with Crippen LogP contribution >= 0.6 is 15.9 Å². The summed E-state index contributed by atoms with van der Waals surface area (Å²) in [5.41, 5.74) is 1.26. The van der Waals surface area contributed by atoms with E-state index in [1.54, 1.807) is 20.8 Å². The number of hydrogen-bond acceptors (Lipinski definition) is 3. The van der Waals surface area contributed by atoms with Gasteiger partial charge in [-0.25, -0.2) is 4.79 Å². The first kappa shape index (κ1) is 17.5. The predicted octanol–water partition coefficient (Wildman–Crippen LogP) is 3.40. The Morgan fingerprint density at radius 2 is 1.90 bits per heavy atom. The van der Waals surface area contributed by atoms with Crippen molar-refractivity contribution in [1.82, 2.24) is 4.90 Å². The summed E-state index contributed by atoms with van der Waals surface area (Å²) in [6.45, 7) is 5.04. The molecule has 0 aliphatic carbocycles. The molecule has 1 aromatic rings. The van der Waals surface area contributed by atoms with Gasteiger partial charge in [-0.1, -0.05) is 40.2 Å². The lowest BCUT2D eigenvalue weighted by atomic mass is 10.1. The van der Waals surface area contributed by atoms with Crippen LogP contribution in [0.3, 0.4) is 0 Å². The molecule has 0 aliphatic heterocycles. The topological polar surface area (TPSA) is 66.8 Å². The minimum atomic E-state index is -1.07. The van der Waals surface area contributed by atoms with E-state index in [-0.39, 0.29) is 6.54 Å². The molecule has 0 saturated carbocycles. The molecule has 0 saturated heterocycles. The second kappa shape index (κ2) is 7.45. The molecule has 5 nitrogen and oxygen atoms in total. The number of rotatable bonds is 5. The first-order valence-corrected chi connectivity index (χ1v) is 7.67. The number of carbonyl (C=O) groups is 2. The maximum Gasteiger partial charge on any atom is 0.411 e. The summed E-state index contributed by atoms with van der Waals surface area (Å²) in [5.74, 6) is -1.07. The molecule has 116 valence electrons. The van der Waals surface area contributed by atoms with Crippen molar-refractivity contribution in [2.45, 2.75) is 38.2 Å². The average Bonchev–Trinajstić information content (AvgIpc) is 2.35. The Balaban J connectivity index is 2.86. The number of amides is 1. The van der Waals surface area contributed by atoms with E-state index in [0.717, 1.165) is 11.1 Å². The normalized spacial score (nSPS) is 11.0. The molecule has 0 heterocycles. The molecular weight excluding hydrogens is 338 g/mol. The van der Waals surface area contributed by atoms with Crippen molar-refractivity contribution < 1.29 is 19.4 Å². The minimum Gasteiger partial charge on any atom is -0.480 e. The standard InChI is InChI=1S/C15H20BrNO4/c1-15(2,3)21-14(20)17(10-13(18)19)9-12-6-4-5-11(7-12)8-16/h4-7H,8-10H2,1-3H3,(H,18,19). The molecule has 0 bridgehead atoms. The van der Waals surface area contributed by atoms with Crippen molar-refractivity contribution in [1.29, 1.82) is 0 Å². The van der Waals surface area contributed by atoms with Gasteiger partial charge in [0.25, 0.3) is 0 Å². The van der Waals surface area contributed by atoms with E-state index in [9.17, 15) is 9.59 Å². The highest BCUT2D eigenvalue weighted by molar-refractivity contribution is 9.08. The van der Waals surface area contributed by atoms with Crippen LogP contribution in [0.2, 0.25) is 0 Å². The molecule has 0 aromatic heterocycles. The molecule has 6 heteroatoms. The van der Waals surface area contributed by atoms with Gasteiger partial charge in [-0.05, 0) is 31.9 Å². The van der Waals surface area contributed by atoms with Crippen LogP contribution in [0.25, 0.3) is 0 Å². The van der Waals surface area contributed by atoms with Crippen molar-refractivity contribution in [2.24, 2.45) is 0 Å². The molecule has 0 fully saturated rings. The van der Waals surface area contributed by atoms with Gasteiger partial charge in [-0.2, -0.15) is 0 Å². The first-order chi connectivity index (χ1) is 9.71. The van der Waals surface area contributed by atoms with Crippen LogP contribution in [0.5, 0.6) is 0 Å². The largest absolute Gasteiger partial charge is 0.480 e. The zero-order chi connectivity index (χ0) is 16.0. The predicted molar refractivity (Wildman–Crippen MR) is 83.4 cm³/mol. The number of carboxylic acids is 1. The maximum absolute atomic E-state index is 12.1. The summed E-state index contributed by atoms with van der Waals surface area (Å²) < 4.78 is 5.24. The van der Waals surface area contributed by atoms with Crippen molar-refractivity contribution in [3.8, 4) is 0 Å². The van der Waals surface area contributed by atoms with E-state index >= 15 is 0 Å². The molecule has 21 heavy (non-hydrogen) atoms. The molecule has 1 N–H and O–H groups in total. The van der Waals surface area contributed by atoms with Gasteiger partial charge in [0.2, 0.25) is 0 Å². The van der Waals surface area contributed by atoms with Gasteiger partial charge in [0.15, 0.2) is 0 Å². The van der Waals surface area contributed by atoms with Crippen LogP contribution in [0.4, 0.5) is 4.79 Å². The van der Waals surface area contributed by atoms with Gasteiger partial charge in [0.1, 0.15) is 12.1 Å². The maximum atomic E-state index is 12.1. The Morgan fingerprint density at radius 1 is 1.29 bits per heavy atom. The number of benzene rings is 1. The van der Waals surface area contributed by atoms with Crippen molar-refractivity contribution >= 4 is 28.0 Å². The highest BCUT2D eigenvalue weighted by atomic mass is 79.9. The Labute approximate surface area is 133 Å². The van der Waals surface area contributed by atoms with E-state index in [0.29, 0.717) is 5.33 Å². The van der Waals surface area contributed by atoms with Crippen LogP contribution < -0.4 is 0 Å². The Hall–Kier alpha value is -1.56. The zero-order valence-corrected chi connectivity index (χ0v) is 14.0. The SMILES string of the molecule is CC(C)(C)OC(=O)N(CC(=O)O)Cc1cccc(CBr)c1. The van der Waals surface area contributed by atoms with Gasteiger partial charge in [0.05, 0.1) is 0 Å². The molecule has 1 rings (SSSR count). The second-order valence-corrected chi connectivity index (χ2v) is 6.24. The summed E-state index contributed by atoms with van der Waals surface area (Å²) >= 11 is 3.37. The minimum absolute atomic E-state index is 0.196. The molecular formula is C15H20BrNO4. The molecule has 0 atom stereocenters. The number of carbonyl (C=O) groups excluding carboxylic acids is 1. The van der Waals surface area contributed by atoms with Crippen molar-refractivity contribution in [2.75, 3.05) is 6.54 Å². The molecule has 1 amide bonds. The number of halogens is 1. The quantitative estimate of drug-likeness (QED) is 0.820. The summed E-state index contributed by atoms with van der Waals surface area (Å²) in [4.78, 5) is 24.2. The van der Waals surface area contributed by atoms with Crippen LogP contribution in [-0.4, -0.2) is 34.2 Å². The monoisotopic (exact) mass is 357 g/mol. The lowest BCUT2D eigenvalue weighted by Crippen LogP contribution is -2.39. The smallest absolute Gasteiger partial charge is 0.411 e. The number of nitrogens with zero attached hydrogens (tertiary/aromatic N) is 1. The van der Waals surface area contributed by atoms with Gasteiger partial charge < -0.3 is 9.84 Å². The fourth-order valence-electron chi connectivity index (χ4n) is 1.71. The highest BCUT2D eigenvalue weighted by Gasteiger charge is 2.24. The third-order valence-corrected chi connectivity index (χ3v) is 3.14. The van der Waals surface area contributed by atoms with E-state index in [2.05, 4.69) is 15.9 Å². The highest BCUT2D eigenvalue weighted by Crippen LogP contribution is 2.14. The van der Waals surface area contributed by atoms with Gasteiger partial charge in [-0.15, -0.1) is 0 Å². The molecule has 0 spiro atoms. The number of carboxylic acid groups (broad SMARTS) is 1. The number of hydrogen-bond donors (Lipinski definition) is 1. The lowest BCUT2D eigenvalue weighted by Gasteiger charge is -2.26. The Kier molecular flexibility index (Phi) is 6.20. The number of aliphatic carboxylic acids is 1. The van der Waals surface area contributed by atoms with Crippen LogP contribution in [0.1, 0.15) is 31.9 Å². The van der Waals surface area contributed by atoms with E-state index in [1.807, 2.05) is 24.3 Å². The Morgan fingerprint density at radius 3 is 2.43 bits per heavy atom. The molecule has 0 unspecified atom stereocenters. The van der Waals surface area contributed by atoms with Crippen LogP contribution in [-0.2, 0) is 21.4 Å². The number of ether oxygens (including phenoxy) is 1. The average molecular weight is 358 g/mol. The third kappa shape index (κ3) is 6.62. The summed E-state index contributed by atoms with van der Waals surface area (Å²) in [6, 6.07) is 7.60.